The van der Waals surface area contributed by atoms with Gasteiger partial charge in [0, 0.05) is 0 Å². The molecule has 0 spiro atoms. The number of methoxy groups -OCH3 is 1. The van der Waals surface area contributed by atoms with Crippen molar-refractivity contribution in [3.05, 3.63) is 24.8 Å². The smallest absolute Gasteiger partial charge is 0.306 e. The summed E-state index contributed by atoms with van der Waals surface area (Å²) in [7, 11) is 1.41. The van der Waals surface area contributed by atoms with E-state index in [2.05, 4.69) is 31.7 Å². The van der Waals surface area contributed by atoms with Crippen molar-refractivity contribution in [1.82, 2.24) is 0 Å². The maximum atomic E-state index is 11.1. The van der Waals surface area contributed by atoms with Crippen LogP contribution < -0.4 is 0 Å². The average Bonchev–Trinajstić information content (AvgIpc) is 2.15. The third kappa shape index (κ3) is 4.26. The highest BCUT2D eigenvalue weighted by atomic mass is 16.5. The summed E-state index contributed by atoms with van der Waals surface area (Å²) in [4.78, 5) is 11.1. The second-order valence-electron chi connectivity index (χ2n) is 3.73. The van der Waals surface area contributed by atoms with Crippen LogP contribution >= 0.6 is 0 Å². The molecule has 0 aliphatic rings. The van der Waals surface area contributed by atoms with Crippen molar-refractivity contribution in [1.29, 1.82) is 0 Å². The number of hydrogen-bond acceptors (Lipinski definition) is 2. The molecule has 0 fully saturated rings. The van der Waals surface area contributed by atoms with Crippen molar-refractivity contribution in [2.45, 2.75) is 26.7 Å². The summed E-state index contributed by atoms with van der Waals surface area (Å²) >= 11 is 0. The molecule has 14 heavy (non-hydrogen) atoms. The first-order valence-electron chi connectivity index (χ1n) is 4.89. The Morgan fingerprint density at radius 2 is 2.07 bits per heavy atom. The SMILES string of the molecule is C=CCC(CC(=O)OC)C(=C)C(C)C. The van der Waals surface area contributed by atoms with Crippen LogP contribution in [0.25, 0.3) is 0 Å². The van der Waals surface area contributed by atoms with Gasteiger partial charge in [-0.05, 0) is 18.3 Å². The van der Waals surface area contributed by atoms with E-state index < -0.39 is 0 Å². The number of allylic oxidation sites excluding steroid dienone is 2. The first-order valence-corrected chi connectivity index (χ1v) is 4.89. The van der Waals surface area contributed by atoms with Gasteiger partial charge >= 0.3 is 5.97 Å². The van der Waals surface area contributed by atoms with E-state index in [-0.39, 0.29) is 11.9 Å². The van der Waals surface area contributed by atoms with Gasteiger partial charge in [-0.3, -0.25) is 4.79 Å². The molecule has 2 nitrogen and oxygen atoms in total. The van der Waals surface area contributed by atoms with Gasteiger partial charge in [0.25, 0.3) is 0 Å². The van der Waals surface area contributed by atoms with Gasteiger partial charge < -0.3 is 4.74 Å². The Hall–Kier alpha value is -1.05. The predicted molar refractivity (Wildman–Crippen MR) is 58.9 cm³/mol. The largest absolute Gasteiger partial charge is 0.469 e. The average molecular weight is 196 g/mol. The first kappa shape index (κ1) is 12.9. The maximum Gasteiger partial charge on any atom is 0.306 e. The van der Waals surface area contributed by atoms with Crippen LogP contribution in [0.3, 0.4) is 0 Å². The van der Waals surface area contributed by atoms with Gasteiger partial charge in [0.05, 0.1) is 13.5 Å². The minimum Gasteiger partial charge on any atom is -0.469 e. The lowest BCUT2D eigenvalue weighted by atomic mass is 9.86. The molecule has 0 aromatic carbocycles. The van der Waals surface area contributed by atoms with E-state index in [0.29, 0.717) is 12.3 Å². The number of ether oxygens (including phenoxy) is 1. The number of hydrogen-bond donors (Lipinski definition) is 0. The fourth-order valence-corrected chi connectivity index (χ4v) is 1.32. The Bertz CT molecular complexity index is 216. The third-order valence-corrected chi connectivity index (χ3v) is 2.36. The van der Waals surface area contributed by atoms with Crippen LogP contribution in [0, 0.1) is 11.8 Å². The van der Waals surface area contributed by atoms with Crippen molar-refractivity contribution in [2.75, 3.05) is 7.11 Å². The van der Waals surface area contributed by atoms with E-state index in [1.54, 1.807) is 0 Å². The van der Waals surface area contributed by atoms with E-state index in [1.807, 2.05) is 6.08 Å². The Morgan fingerprint density at radius 3 is 2.43 bits per heavy atom. The molecule has 1 unspecified atom stereocenters. The van der Waals surface area contributed by atoms with Crippen molar-refractivity contribution in [3.63, 3.8) is 0 Å². The van der Waals surface area contributed by atoms with Gasteiger partial charge in [0.1, 0.15) is 0 Å². The quantitative estimate of drug-likeness (QED) is 0.482. The molecule has 0 saturated heterocycles. The lowest BCUT2D eigenvalue weighted by Crippen LogP contribution is -2.14. The molecule has 0 saturated carbocycles. The van der Waals surface area contributed by atoms with Crippen LogP contribution in [-0.2, 0) is 9.53 Å². The fourth-order valence-electron chi connectivity index (χ4n) is 1.32. The second kappa shape index (κ2) is 6.41. The molecular formula is C12H20O2. The molecule has 0 aliphatic carbocycles. The first-order chi connectivity index (χ1) is 6.52. The van der Waals surface area contributed by atoms with E-state index in [0.717, 1.165) is 12.0 Å². The second-order valence-corrected chi connectivity index (χ2v) is 3.73. The lowest BCUT2D eigenvalue weighted by molar-refractivity contribution is -0.141. The van der Waals surface area contributed by atoms with Crippen molar-refractivity contribution in [3.8, 4) is 0 Å². The molecule has 1 atom stereocenters. The number of carbonyl (C=O) groups excluding carboxylic acids is 1. The summed E-state index contributed by atoms with van der Waals surface area (Å²) in [5.41, 5.74) is 1.09. The Kier molecular flexibility index (Phi) is 5.93. The van der Waals surface area contributed by atoms with Gasteiger partial charge in [0.15, 0.2) is 0 Å². The van der Waals surface area contributed by atoms with E-state index in [1.165, 1.54) is 7.11 Å². The minimum absolute atomic E-state index is 0.167. The summed E-state index contributed by atoms with van der Waals surface area (Å²) in [6, 6.07) is 0. The van der Waals surface area contributed by atoms with Crippen LogP contribution in [0.1, 0.15) is 26.7 Å². The molecule has 0 rings (SSSR count). The van der Waals surface area contributed by atoms with Crippen LogP contribution in [0.4, 0.5) is 0 Å². The van der Waals surface area contributed by atoms with E-state index in [9.17, 15) is 4.79 Å². The van der Waals surface area contributed by atoms with Crippen LogP contribution in [0.2, 0.25) is 0 Å². The third-order valence-electron chi connectivity index (χ3n) is 2.36. The predicted octanol–water partition coefficient (Wildman–Crippen LogP) is 2.95. The normalized spacial score (nSPS) is 12.3. The van der Waals surface area contributed by atoms with Gasteiger partial charge in [-0.2, -0.15) is 0 Å². The fraction of sp³-hybridized carbons (Fsp3) is 0.583. The molecule has 80 valence electrons. The molecule has 0 amide bonds. The highest BCUT2D eigenvalue weighted by Crippen LogP contribution is 2.24. The standard InChI is InChI=1S/C12H20O2/c1-6-7-11(8-12(13)14-5)10(4)9(2)3/h6,9,11H,1,4,7-8H2,2-3,5H3. The molecule has 0 aromatic heterocycles. The summed E-state index contributed by atoms with van der Waals surface area (Å²) in [5.74, 6) is 0.378. The zero-order chi connectivity index (χ0) is 11.1. The molecule has 0 aliphatic heterocycles. The van der Waals surface area contributed by atoms with Gasteiger partial charge in [0.2, 0.25) is 0 Å². The van der Waals surface area contributed by atoms with E-state index >= 15 is 0 Å². The summed E-state index contributed by atoms with van der Waals surface area (Å²) < 4.78 is 4.64. The summed E-state index contributed by atoms with van der Waals surface area (Å²) in [6.07, 6.45) is 3.01. The number of carbonyl (C=O) groups is 1. The van der Waals surface area contributed by atoms with Crippen LogP contribution in [0.15, 0.2) is 24.8 Å². The van der Waals surface area contributed by atoms with Gasteiger partial charge in [-0.25, -0.2) is 0 Å². The molecule has 2 heteroatoms. The number of esters is 1. The van der Waals surface area contributed by atoms with Crippen molar-refractivity contribution >= 4 is 5.97 Å². The van der Waals surface area contributed by atoms with Crippen molar-refractivity contribution in [2.24, 2.45) is 11.8 Å². The Labute approximate surface area is 86.6 Å². The van der Waals surface area contributed by atoms with Crippen molar-refractivity contribution < 1.29 is 9.53 Å². The zero-order valence-electron chi connectivity index (χ0n) is 9.38. The summed E-state index contributed by atoms with van der Waals surface area (Å²) in [6.45, 7) is 11.8. The lowest BCUT2D eigenvalue weighted by Gasteiger charge is -2.19. The molecule has 0 N–H and O–H groups in total. The van der Waals surface area contributed by atoms with Crippen LogP contribution in [0.5, 0.6) is 0 Å². The Morgan fingerprint density at radius 1 is 1.50 bits per heavy atom. The van der Waals surface area contributed by atoms with Gasteiger partial charge in [-0.1, -0.05) is 32.1 Å². The highest BCUT2D eigenvalue weighted by molar-refractivity contribution is 5.70. The maximum absolute atomic E-state index is 11.1. The molecular weight excluding hydrogens is 176 g/mol. The topological polar surface area (TPSA) is 26.3 Å². The summed E-state index contributed by atoms with van der Waals surface area (Å²) in [5, 5.41) is 0. The van der Waals surface area contributed by atoms with Gasteiger partial charge in [-0.15, -0.1) is 6.58 Å². The zero-order valence-corrected chi connectivity index (χ0v) is 9.38. The monoisotopic (exact) mass is 196 g/mol. The Balaban J connectivity index is 4.35. The number of rotatable bonds is 6. The van der Waals surface area contributed by atoms with Crippen LogP contribution in [-0.4, -0.2) is 13.1 Å². The molecule has 0 heterocycles. The molecule has 0 bridgehead atoms. The molecule has 0 aromatic rings. The minimum atomic E-state index is -0.182. The highest BCUT2D eigenvalue weighted by Gasteiger charge is 2.17. The molecule has 0 radical (unpaired) electrons. The van der Waals surface area contributed by atoms with E-state index in [4.69, 9.17) is 0 Å².